The molecule has 1 aliphatic heterocycles. The highest BCUT2D eigenvalue weighted by molar-refractivity contribution is 7.89. The summed E-state index contributed by atoms with van der Waals surface area (Å²) in [5.41, 5.74) is 0.920. The summed E-state index contributed by atoms with van der Waals surface area (Å²) in [6.45, 7) is 4.19. The fourth-order valence-corrected chi connectivity index (χ4v) is 3.59. The Morgan fingerprint density at radius 3 is 2.90 bits per heavy atom. The molecule has 112 valence electrons. The maximum atomic E-state index is 12.0. The number of hydrogen-bond acceptors (Lipinski definition) is 4. The summed E-state index contributed by atoms with van der Waals surface area (Å²) in [7, 11) is -3.25. The van der Waals surface area contributed by atoms with Gasteiger partial charge in [0.05, 0.1) is 11.8 Å². The van der Waals surface area contributed by atoms with Gasteiger partial charge >= 0.3 is 0 Å². The Hall–Kier alpha value is -1.11. The number of rotatable bonds is 8. The highest BCUT2D eigenvalue weighted by Crippen LogP contribution is 2.32. The van der Waals surface area contributed by atoms with E-state index in [-0.39, 0.29) is 11.8 Å². The molecule has 1 aromatic carbocycles. The SMILES string of the molecule is CCNCCCCS(=O)(=O)NC1COc2ccccc21. The molecule has 6 heteroatoms. The normalized spacial score (nSPS) is 17.8. The van der Waals surface area contributed by atoms with Gasteiger partial charge in [0.15, 0.2) is 0 Å². The topological polar surface area (TPSA) is 67.4 Å². The van der Waals surface area contributed by atoms with E-state index in [9.17, 15) is 8.42 Å². The van der Waals surface area contributed by atoms with Gasteiger partial charge in [-0.3, -0.25) is 0 Å². The number of hydrogen-bond donors (Lipinski definition) is 2. The molecule has 5 nitrogen and oxygen atoms in total. The lowest BCUT2D eigenvalue weighted by atomic mass is 10.1. The van der Waals surface area contributed by atoms with E-state index in [4.69, 9.17) is 4.74 Å². The first-order valence-electron chi connectivity index (χ1n) is 7.05. The van der Waals surface area contributed by atoms with Crippen LogP contribution in [0.3, 0.4) is 0 Å². The van der Waals surface area contributed by atoms with Crippen molar-refractivity contribution in [3.8, 4) is 5.75 Å². The zero-order valence-corrected chi connectivity index (χ0v) is 12.6. The van der Waals surface area contributed by atoms with Crippen LogP contribution in [0.4, 0.5) is 0 Å². The highest BCUT2D eigenvalue weighted by Gasteiger charge is 2.27. The fraction of sp³-hybridized carbons (Fsp3) is 0.571. The molecular formula is C14H22N2O3S. The molecule has 0 fully saturated rings. The quantitative estimate of drug-likeness (QED) is 0.713. The molecular weight excluding hydrogens is 276 g/mol. The van der Waals surface area contributed by atoms with E-state index in [0.29, 0.717) is 13.0 Å². The predicted molar refractivity (Wildman–Crippen MR) is 79.4 cm³/mol. The predicted octanol–water partition coefficient (Wildman–Crippen LogP) is 1.43. The van der Waals surface area contributed by atoms with Crippen molar-refractivity contribution in [2.24, 2.45) is 0 Å². The molecule has 20 heavy (non-hydrogen) atoms. The molecule has 2 rings (SSSR count). The first kappa shape index (κ1) is 15.3. The maximum absolute atomic E-state index is 12.0. The van der Waals surface area contributed by atoms with Crippen LogP contribution in [-0.4, -0.2) is 33.9 Å². The zero-order chi connectivity index (χ0) is 14.4. The van der Waals surface area contributed by atoms with Crippen LogP contribution in [0.25, 0.3) is 0 Å². The van der Waals surface area contributed by atoms with Crippen LogP contribution in [0.1, 0.15) is 31.4 Å². The molecule has 1 aromatic rings. The number of nitrogens with one attached hydrogen (secondary N) is 2. The molecule has 2 N–H and O–H groups in total. The standard InChI is InChI=1S/C14H22N2O3S/c1-2-15-9-5-6-10-20(17,18)16-13-11-19-14-8-4-3-7-12(13)14/h3-4,7-8,13,15-16H,2,5-6,9-11H2,1H3. The molecule has 0 amide bonds. The van der Waals surface area contributed by atoms with Crippen molar-refractivity contribution in [1.29, 1.82) is 0 Å². The summed E-state index contributed by atoms with van der Waals surface area (Å²) in [5, 5.41) is 3.19. The molecule has 0 bridgehead atoms. The van der Waals surface area contributed by atoms with Crippen LogP contribution in [0.2, 0.25) is 0 Å². The Morgan fingerprint density at radius 1 is 1.30 bits per heavy atom. The van der Waals surface area contributed by atoms with E-state index in [1.165, 1.54) is 0 Å². The van der Waals surface area contributed by atoms with E-state index in [2.05, 4.69) is 10.0 Å². The van der Waals surface area contributed by atoms with Crippen molar-refractivity contribution in [3.05, 3.63) is 29.8 Å². The smallest absolute Gasteiger partial charge is 0.212 e. The molecule has 0 spiro atoms. The van der Waals surface area contributed by atoms with Crippen LogP contribution in [0.5, 0.6) is 5.75 Å². The lowest BCUT2D eigenvalue weighted by Crippen LogP contribution is -2.31. The van der Waals surface area contributed by atoms with Gasteiger partial charge in [0.1, 0.15) is 12.4 Å². The first-order chi connectivity index (χ1) is 9.62. The highest BCUT2D eigenvalue weighted by atomic mass is 32.2. The van der Waals surface area contributed by atoms with Crippen molar-refractivity contribution >= 4 is 10.0 Å². The molecule has 0 saturated carbocycles. The Labute approximate surface area is 120 Å². The van der Waals surface area contributed by atoms with Gasteiger partial charge in [-0.15, -0.1) is 0 Å². The summed E-state index contributed by atoms with van der Waals surface area (Å²) in [4.78, 5) is 0. The minimum absolute atomic E-state index is 0.164. The number of benzene rings is 1. The molecule has 1 aliphatic rings. The van der Waals surface area contributed by atoms with Crippen molar-refractivity contribution in [2.45, 2.75) is 25.8 Å². The summed E-state index contributed by atoms with van der Waals surface area (Å²) < 4.78 is 32.3. The molecule has 0 aromatic heterocycles. The number of sulfonamides is 1. The van der Waals surface area contributed by atoms with Gasteiger partial charge in [-0.1, -0.05) is 25.1 Å². The zero-order valence-electron chi connectivity index (χ0n) is 11.8. The molecule has 0 saturated heterocycles. The Morgan fingerprint density at radius 2 is 2.10 bits per heavy atom. The Balaban J connectivity index is 1.84. The van der Waals surface area contributed by atoms with E-state index >= 15 is 0 Å². The van der Waals surface area contributed by atoms with Crippen molar-refractivity contribution in [1.82, 2.24) is 10.0 Å². The lowest BCUT2D eigenvalue weighted by molar-refractivity contribution is 0.325. The van der Waals surface area contributed by atoms with Crippen LogP contribution in [0.15, 0.2) is 24.3 Å². The van der Waals surface area contributed by atoms with E-state index in [1.807, 2.05) is 31.2 Å². The van der Waals surface area contributed by atoms with E-state index in [1.54, 1.807) is 0 Å². The summed E-state index contributed by atoms with van der Waals surface area (Å²) in [5.74, 6) is 0.934. The van der Waals surface area contributed by atoms with Crippen LogP contribution in [-0.2, 0) is 10.0 Å². The Bertz CT molecular complexity index is 531. The van der Waals surface area contributed by atoms with Gasteiger partial charge in [-0.05, 0) is 32.0 Å². The van der Waals surface area contributed by atoms with Gasteiger partial charge in [-0.25, -0.2) is 13.1 Å². The maximum Gasteiger partial charge on any atom is 0.212 e. The van der Waals surface area contributed by atoms with Crippen LogP contribution < -0.4 is 14.8 Å². The lowest BCUT2D eigenvalue weighted by Gasteiger charge is -2.12. The molecule has 0 aliphatic carbocycles. The molecule has 0 radical (unpaired) electrons. The molecule has 1 heterocycles. The second kappa shape index (κ2) is 7.06. The van der Waals surface area contributed by atoms with Gasteiger partial charge < -0.3 is 10.1 Å². The largest absolute Gasteiger partial charge is 0.491 e. The van der Waals surface area contributed by atoms with Gasteiger partial charge in [0.25, 0.3) is 0 Å². The molecule has 1 atom stereocenters. The second-order valence-corrected chi connectivity index (χ2v) is 6.77. The molecule has 1 unspecified atom stereocenters. The number of fused-ring (bicyclic) bond motifs is 1. The van der Waals surface area contributed by atoms with Crippen molar-refractivity contribution < 1.29 is 13.2 Å². The van der Waals surface area contributed by atoms with Crippen LogP contribution in [0, 0.1) is 0 Å². The summed E-state index contributed by atoms with van der Waals surface area (Å²) >= 11 is 0. The fourth-order valence-electron chi connectivity index (χ4n) is 2.25. The average Bonchev–Trinajstić information content (AvgIpc) is 2.81. The first-order valence-corrected chi connectivity index (χ1v) is 8.70. The minimum Gasteiger partial charge on any atom is -0.491 e. The van der Waals surface area contributed by atoms with Gasteiger partial charge in [0, 0.05) is 5.56 Å². The van der Waals surface area contributed by atoms with Gasteiger partial charge in [-0.2, -0.15) is 0 Å². The Kier molecular flexibility index (Phi) is 5.39. The van der Waals surface area contributed by atoms with Crippen LogP contribution >= 0.6 is 0 Å². The number of ether oxygens (including phenoxy) is 1. The average molecular weight is 298 g/mol. The number of para-hydroxylation sites is 1. The monoisotopic (exact) mass is 298 g/mol. The van der Waals surface area contributed by atoms with Crippen molar-refractivity contribution in [2.75, 3.05) is 25.4 Å². The summed E-state index contributed by atoms with van der Waals surface area (Å²) in [6, 6.07) is 7.28. The third kappa shape index (κ3) is 4.19. The second-order valence-electron chi connectivity index (χ2n) is 4.90. The van der Waals surface area contributed by atoms with Gasteiger partial charge in [0.2, 0.25) is 10.0 Å². The summed E-state index contributed by atoms with van der Waals surface area (Å²) in [6.07, 6.45) is 1.53. The minimum atomic E-state index is -3.25. The third-order valence-electron chi connectivity index (χ3n) is 3.29. The van der Waals surface area contributed by atoms with E-state index < -0.39 is 10.0 Å². The van der Waals surface area contributed by atoms with E-state index in [0.717, 1.165) is 30.8 Å². The number of unbranched alkanes of at least 4 members (excludes halogenated alkanes) is 1. The third-order valence-corrected chi connectivity index (χ3v) is 4.76. The van der Waals surface area contributed by atoms with Crippen molar-refractivity contribution in [3.63, 3.8) is 0 Å².